The molecule has 1 heterocycles. The van der Waals surface area contributed by atoms with Gasteiger partial charge in [0.2, 0.25) is 0 Å². The number of hydrogen-bond donors (Lipinski definition) is 1. The minimum absolute atomic E-state index is 0.407. The number of piperazine rings is 1. The van der Waals surface area contributed by atoms with Crippen molar-refractivity contribution in [3.05, 3.63) is 0 Å². The van der Waals surface area contributed by atoms with Crippen LogP contribution in [0.25, 0.3) is 0 Å². The van der Waals surface area contributed by atoms with E-state index in [1.807, 2.05) is 0 Å². The van der Waals surface area contributed by atoms with Gasteiger partial charge in [0.05, 0.1) is 0 Å². The predicted molar refractivity (Wildman–Crippen MR) is 82.5 cm³/mol. The lowest BCUT2D eigenvalue weighted by Crippen LogP contribution is -2.49. The van der Waals surface area contributed by atoms with Crippen LogP contribution >= 0.6 is 0 Å². The van der Waals surface area contributed by atoms with Gasteiger partial charge in [-0.3, -0.25) is 0 Å². The third-order valence-electron chi connectivity index (χ3n) is 4.60. The fourth-order valence-corrected chi connectivity index (χ4v) is 3.95. The van der Waals surface area contributed by atoms with Crippen molar-refractivity contribution in [2.75, 3.05) is 52.9 Å². The summed E-state index contributed by atoms with van der Waals surface area (Å²) >= 11 is 0. The fourth-order valence-electron chi connectivity index (χ4n) is 3.95. The third-order valence-corrected chi connectivity index (χ3v) is 4.60. The Labute approximate surface area is 119 Å². The molecule has 19 heavy (non-hydrogen) atoms. The van der Waals surface area contributed by atoms with Gasteiger partial charge in [-0.25, -0.2) is 0 Å². The molecule has 0 atom stereocenters. The highest BCUT2D eigenvalue weighted by Gasteiger charge is 2.26. The fraction of sp³-hybridized carbons (Fsp3) is 1.00. The summed E-state index contributed by atoms with van der Waals surface area (Å²) in [5.74, 6) is 0.972. The summed E-state index contributed by atoms with van der Waals surface area (Å²) in [6.07, 6.45) is 5.84. The minimum Gasteiger partial charge on any atom is -0.314 e. The zero-order valence-corrected chi connectivity index (χ0v) is 13.2. The minimum atomic E-state index is 0.407. The molecule has 3 heteroatoms. The first-order chi connectivity index (χ1) is 9.05. The van der Waals surface area contributed by atoms with Gasteiger partial charge in [-0.15, -0.1) is 0 Å². The molecule has 0 bridgehead atoms. The molecule has 0 spiro atoms. The quantitative estimate of drug-likeness (QED) is 0.794. The van der Waals surface area contributed by atoms with Crippen LogP contribution in [0.5, 0.6) is 0 Å². The summed E-state index contributed by atoms with van der Waals surface area (Å²) in [6.45, 7) is 13.4. The lowest BCUT2D eigenvalue weighted by molar-refractivity contribution is 0.117. The van der Waals surface area contributed by atoms with Crippen molar-refractivity contribution in [2.24, 2.45) is 11.3 Å². The van der Waals surface area contributed by atoms with Crippen LogP contribution in [0.2, 0.25) is 0 Å². The van der Waals surface area contributed by atoms with E-state index >= 15 is 0 Å². The second kappa shape index (κ2) is 7.05. The van der Waals surface area contributed by atoms with Crippen molar-refractivity contribution in [3.63, 3.8) is 0 Å². The molecule has 0 unspecified atom stereocenters. The summed E-state index contributed by atoms with van der Waals surface area (Å²) < 4.78 is 0. The second-order valence-corrected chi connectivity index (χ2v) is 7.54. The van der Waals surface area contributed by atoms with Gasteiger partial charge in [-0.05, 0) is 31.2 Å². The van der Waals surface area contributed by atoms with Crippen LogP contribution in [0.1, 0.15) is 39.5 Å². The Morgan fingerprint density at radius 2 is 1.79 bits per heavy atom. The van der Waals surface area contributed by atoms with Gasteiger partial charge in [0.15, 0.2) is 0 Å². The highest BCUT2D eigenvalue weighted by atomic mass is 15.2. The van der Waals surface area contributed by atoms with Crippen molar-refractivity contribution in [1.82, 2.24) is 15.1 Å². The van der Waals surface area contributed by atoms with Crippen molar-refractivity contribution < 1.29 is 0 Å². The highest BCUT2D eigenvalue weighted by Crippen LogP contribution is 2.26. The third kappa shape index (κ3) is 5.41. The monoisotopic (exact) mass is 267 g/mol. The Morgan fingerprint density at radius 3 is 2.42 bits per heavy atom. The van der Waals surface area contributed by atoms with Gasteiger partial charge in [0, 0.05) is 45.8 Å². The molecule has 0 amide bonds. The molecule has 2 aliphatic rings. The van der Waals surface area contributed by atoms with E-state index in [2.05, 4.69) is 36.0 Å². The van der Waals surface area contributed by atoms with Gasteiger partial charge in [0.1, 0.15) is 0 Å². The van der Waals surface area contributed by atoms with Gasteiger partial charge in [0.25, 0.3) is 0 Å². The predicted octanol–water partition coefficient (Wildman–Crippen LogP) is 2.04. The lowest BCUT2D eigenvalue weighted by Gasteiger charge is -2.37. The Kier molecular flexibility index (Phi) is 5.67. The molecule has 1 aliphatic carbocycles. The topological polar surface area (TPSA) is 18.5 Å². The van der Waals surface area contributed by atoms with E-state index in [0.29, 0.717) is 5.41 Å². The summed E-state index contributed by atoms with van der Waals surface area (Å²) in [4.78, 5) is 5.21. The van der Waals surface area contributed by atoms with Crippen molar-refractivity contribution >= 4 is 0 Å². The first-order valence-electron chi connectivity index (χ1n) is 8.17. The summed E-state index contributed by atoms with van der Waals surface area (Å²) in [6, 6.07) is 0. The average molecular weight is 267 g/mol. The Bertz CT molecular complexity index is 253. The van der Waals surface area contributed by atoms with Crippen molar-refractivity contribution in [1.29, 1.82) is 0 Å². The van der Waals surface area contributed by atoms with E-state index in [0.717, 1.165) is 19.0 Å². The molecule has 112 valence electrons. The highest BCUT2D eigenvalue weighted by molar-refractivity contribution is 4.81. The maximum Gasteiger partial charge on any atom is 0.0108 e. The van der Waals surface area contributed by atoms with Crippen LogP contribution in [0.4, 0.5) is 0 Å². The molecule has 1 aliphatic heterocycles. The van der Waals surface area contributed by atoms with Crippen LogP contribution in [0.3, 0.4) is 0 Å². The molecule has 0 aromatic carbocycles. The number of nitrogens with zero attached hydrogens (tertiary/aromatic N) is 2. The van der Waals surface area contributed by atoms with Crippen LogP contribution in [-0.2, 0) is 0 Å². The maximum atomic E-state index is 3.44. The van der Waals surface area contributed by atoms with Gasteiger partial charge < -0.3 is 15.1 Å². The molecule has 3 nitrogen and oxygen atoms in total. The maximum absolute atomic E-state index is 3.44. The zero-order valence-electron chi connectivity index (χ0n) is 13.2. The largest absolute Gasteiger partial charge is 0.314 e. The first-order valence-corrected chi connectivity index (χ1v) is 8.17. The van der Waals surface area contributed by atoms with Crippen LogP contribution in [0.15, 0.2) is 0 Å². The average Bonchev–Trinajstić information content (AvgIpc) is 2.81. The van der Waals surface area contributed by atoms with E-state index in [1.54, 1.807) is 0 Å². The van der Waals surface area contributed by atoms with Crippen LogP contribution < -0.4 is 5.32 Å². The molecule has 0 aromatic rings. The van der Waals surface area contributed by atoms with Crippen molar-refractivity contribution in [3.8, 4) is 0 Å². The van der Waals surface area contributed by atoms with Gasteiger partial charge in [-0.1, -0.05) is 26.7 Å². The number of rotatable bonds is 6. The van der Waals surface area contributed by atoms with Crippen LogP contribution in [-0.4, -0.2) is 62.7 Å². The summed E-state index contributed by atoms with van der Waals surface area (Å²) in [7, 11) is 2.32. The molecular formula is C16H33N3. The molecule has 2 fully saturated rings. The Balaban J connectivity index is 1.71. The number of nitrogens with one attached hydrogen (secondary N) is 1. The molecule has 1 saturated heterocycles. The molecule has 2 rings (SSSR count). The van der Waals surface area contributed by atoms with E-state index in [-0.39, 0.29) is 0 Å². The molecule has 1 saturated carbocycles. The molecule has 0 radical (unpaired) electrons. The van der Waals surface area contributed by atoms with E-state index in [1.165, 1.54) is 58.4 Å². The smallest absolute Gasteiger partial charge is 0.0108 e. The van der Waals surface area contributed by atoms with Crippen molar-refractivity contribution in [2.45, 2.75) is 39.5 Å². The normalized spacial score (nSPS) is 23.4. The van der Waals surface area contributed by atoms with E-state index in [9.17, 15) is 0 Å². The second-order valence-electron chi connectivity index (χ2n) is 7.54. The summed E-state index contributed by atoms with van der Waals surface area (Å²) in [5.41, 5.74) is 0.407. The zero-order chi connectivity index (χ0) is 13.7. The van der Waals surface area contributed by atoms with Gasteiger partial charge >= 0.3 is 0 Å². The first kappa shape index (κ1) is 15.3. The standard InChI is InChI=1S/C16H33N3/c1-16(2,14-19-10-8-17-9-11-19)13-18(3)12-15-6-4-5-7-15/h15,17H,4-14H2,1-3H3. The lowest BCUT2D eigenvalue weighted by atomic mass is 9.91. The number of hydrogen-bond acceptors (Lipinski definition) is 3. The Hall–Kier alpha value is -0.120. The SMILES string of the molecule is CN(CC1CCCC1)CC(C)(C)CN1CCNCC1. The van der Waals surface area contributed by atoms with Gasteiger partial charge in [-0.2, -0.15) is 0 Å². The summed E-state index contributed by atoms with van der Waals surface area (Å²) in [5, 5.41) is 3.44. The van der Waals surface area contributed by atoms with E-state index in [4.69, 9.17) is 0 Å². The Morgan fingerprint density at radius 1 is 1.16 bits per heavy atom. The van der Waals surface area contributed by atoms with E-state index < -0.39 is 0 Å². The molecule has 1 N–H and O–H groups in total. The van der Waals surface area contributed by atoms with Crippen LogP contribution in [0, 0.1) is 11.3 Å². The molecule has 0 aromatic heterocycles. The molecular weight excluding hydrogens is 234 g/mol.